The lowest BCUT2D eigenvalue weighted by Crippen LogP contribution is -2.46. The second-order valence-corrected chi connectivity index (χ2v) is 8.50. The smallest absolute Gasteiger partial charge is 0.193 e. The maximum atomic E-state index is 5.72. The minimum Gasteiger partial charge on any atom is -0.382 e. The third-order valence-electron chi connectivity index (χ3n) is 5.24. The second kappa shape index (κ2) is 14.2. The lowest BCUT2D eigenvalue weighted by atomic mass is 10.0. The van der Waals surface area contributed by atoms with Crippen molar-refractivity contribution in [2.75, 3.05) is 53.1 Å². The first-order chi connectivity index (χ1) is 13.9. The van der Waals surface area contributed by atoms with E-state index in [1.165, 1.54) is 5.56 Å². The summed E-state index contributed by atoms with van der Waals surface area (Å²) in [6, 6.07) is 10.8. The molecule has 1 aromatic rings. The predicted molar refractivity (Wildman–Crippen MR) is 136 cm³/mol. The van der Waals surface area contributed by atoms with E-state index in [1.807, 2.05) is 0 Å². The Morgan fingerprint density at radius 1 is 1.27 bits per heavy atom. The van der Waals surface area contributed by atoms with Crippen LogP contribution in [0.4, 0.5) is 0 Å². The number of nitrogens with zero attached hydrogens (tertiary/aromatic N) is 2. The zero-order chi connectivity index (χ0) is 21.1. The molecule has 2 N–H and O–H groups in total. The number of hydrogen-bond donors (Lipinski definition) is 2. The van der Waals surface area contributed by atoms with E-state index in [1.54, 1.807) is 7.11 Å². The number of nitrogens with one attached hydrogen (secondary N) is 2. The standard InChI is InChI=1S/C23H40N4O2.HI/c1-6-24-22(27-13-12-20(16-27)17-29-15-14-28-5)25-18-23(3,4)26-19(2)21-10-8-7-9-11-21;/h7-11,19-20,26H,6,12-18H2,1-5H3,(H,24,25);1H. The van der Waals surface area contributed by atoms with Crippen LogP contribution in [0.15, 0.2) is 35.3 Å². The Hall–Kier alpha value is -0.900. The van der Waals surface area contributed by atoms with E-state index in [2.05, 4.69) is 73.6 Å². The number of aliphatic imine (C=N–C) groups is 1. The van der Waals surface area contributed by atoms with Crippen molar-refractivity contribution in [3.8, 4) is 0 Å². The first-order valence-electron chi connectivity index (χ1n) is 10.9. The summed E-state index contributed by atoms with van der Waals surface area (Å²) >= 11 is 0. The first kappa shape index (κ1) is 27.1. The van der Waals surface area contributed by atoms with Gasteiger partial charge in [-0.2, -0.15) is 0 Å². The molecule has 1 saturated heterocycles. The van der Waals surface area contributed by atoms with Crippen molar-refractivity contribution in [1.82, 2.24) is 15.5 Å². The quantitative estimate of drug-likeness (QED) is 0.197. The molecule has 30 heavy (non-hydrogen) atoms. The van der Waals surface area contributed by atoms with Crippen molar-refractivity contribution >= 4 is 29.9 Å². The molecular weight excluding hydrogens is 491 g/mol. The summed E-state index contributed by atoms with van der Waals surface area (Å²) in [6.07, 6.45) is 1.14. The molecule has 0 radical (unpaired) electrons. The highest BCUT2D eigenvalue weighted by molar-refractivity contribution is 14.0. The van der Waals surface area contributed by atoms with Crippen LogP contribution in [-0.2, 0) is 9.47 Å². The molecule has 2 unspecified atom stereocenters. The van der Waals surface area contributed by atoms with Crippen LogP contribution in [0.3, 0.4) is 0 Å². The van der Waals surface area contributed by atoms with Gasteiger partial charge in [-0.25, -0.2) is 0 Å². The van der Waals surface area contributed by atoms with Crippen LogP contribution in [0.2, 0.25) is 0 Å². The number of methoxy groups -OCH3 is 1. The maximum absolute atomic E-state index is 5.72. The molecule has 0 amide bonds. The van der Waals surface area contributed by atoms with Crippen molar-refractivity contribution in [1.29, 1.82) is 0 Å². The van der Waals surface area contributed by atoms with Crippen molar-refractivity contribution in [3.63, 3.8) is 0 Å². The Labute approximate surface area is 200 Å². The van der Waals surface area contributed by atoms with Crippen molar-refractivity contribution in [2.24, 2.45) is 10.9 Å². The fraction of sp³-hybridized carbons (Fsp3) is 0.696. The molecule has 2 atom stereocenters. The normalized spacial score (nSPS) is 18.2. The van der Waals surface area contributed by atoms with Gasteiger partial charge in [0.05, 0.1) is 26.4 Å². The minimum absolute atomic E-state index is 0. The molecule has 172 valence electrons. The topological polar surface area (TPSA) is 58.1 Å². The molecule has 7 heteroatoms. The van der Waals surface area contributed by atoms with Gasteiger partial charge in [0.15, 0.2) is 5.96 Å². The molecule has 0 aliphatic carbocycles. The molecule has 1 aliphatic heterocycles. The number of hydrogen-bond acceptors (Lipinski definition) is 4. The Kier molecular flexibility index (Phi) is 12.9. The molecule has 1 aromatic carbocycles. The van der Waals surface area contributed by atoms with Crippen LogP contribution in [0.25, 0.3) is 0 Å². The zero-order valence-corrected chi connectivity index (χ0v) is 21.6. The van der Waals surface area contributed by atoms with Crippen LogP contribution in [0.1, 0.15) is 45.7 Å². The van der Waals surface area contributed by atoms with Crippen LogP contribution >= 0.6 is 24.0 Å². The van der Waals surface area contributed by atoms with Gasteiger partial charge in [-0.1, -0.05) is 30.3 Å². The molecular formula is C23H41IN4O2. The van der Waals surface area contributed by atoms with Crippen LogP contribution < -0.4 is 10.6 Å². The van der Waals surface area contributed by atoms with E-state index >= 15 is 0 Å². The van der Waals surface area contributed by atoms with Crippen LogP contribution in [0.5, 0.6) is 0 Å². The SMILES string of the molecule is CCNC(=NCC(C)(C)NC(C)c1ccccc1)N1CCC(COCCOC)C1.I. The largest absolute Gasteiger partial charge is 0.382 e. The van der Waals surface area contributed by atoms with Crippen LogP contribution in [0, 0.1) is 5.92 Å². The van der Waals surface area contributed by atoms with Gasteiger partial charge in [-0.15, -0.1) is 24.0 Å². The average Bonchev–Trinajstić information content (AvgIpc) is 3.17. The lowest BCUT2D eigenvalue weighted by Gasteiger charge is -2.30. The van der Waals surface area contributed by atoms with Crippen LogP contribution in [-0.4, -0.2) is 69.5 Å². The zero-order valence-electron chi connectivity index (χ0n) is 19.3. The van der Waals surface area contributed by atoms with Gasteiger partial charge < -0.3 is 25.0 Å². The highest BCUT2D eigenvalue weighted by atomic mass is 127. The molecule has 2 rings (SSSR count). The van der Waals surface area contributed by atoms with E-state index in [-0.39, 0.29) is 35.6 Å². The third kappa shape index (κ3) is 9.49. The second-order valence-electron chi connectivity index (χ2n) is 8.50. The number of benzene rings is 1. The number of halogens is 1. The molecule has 0 aromatic heterocycles. The fourth-order valence-corrected chi connectivity index (χ4v) is 3.71. The average molecular weight is 533 g/mol. The van der Waals surface area contributed by atoms with Gasteiger partial charge >= 0.3 is 0 Å². The molecule has 0 bridgehead atoms. The van der Waals surface area contributed by atoms with E-state index in [9.17, 15) is 0 Å². The molecule has 1 aliphatic rings. The summed E-state index contributed by atoms with van der Waals surface area (Å²) in [5.41, 5.74) is 1.20. The highest BCUT2D eigenvalue weighted by Gasteiger charge is 2.26. The Bertz CT molecular complexity index is 612. The van der Waals surface area contributed by atoms with E-state index in [0.717, 1.165) is 45.2 Å². The summed E-state index contributed by atoms with van der Waals surface area (Å²) in [5.74, 6) is 1.56. The number of rotatable bonds is 11. The van der Waals surface area contributed by atoms with Crippen molar-refractivity contribution in [2.45, 2.75) is 45.7 Å². The minimum atomic E-state index is -0.0989. The van der Waals surface area contributed by atoms with Gasteiger partial charge in [0.1, 0.15) is 0 Å². The van der Waals surface area contributed by atoms with E-state index < -0.39 is 0 Å². The first-order valence-corrected chi connectivity index (χ1v) is 10.9. The van der Waals surface area contributed by atoms with Crippen molar-refractivity contribution in [3.05, 3.63) is 35.9 Å². The predicted octanol–water partition coefficient (Wildman–Crippen LogP) is 3.68. The Balaban J connectivity index is 0.00000450. The highest BCUT2D eigenvalue weighted by Crippen LogP contribution is 2.19. The molecule has 1 heterocycles. The van der Waals surface area contributed by atoms with E-state index in [4.69, 9.17) is 14.5 Å². The summed E-state index contributed by atoms with van der Waals surface area (Å²) in [4.78, 5) is 7.33. The van der Waals surface area contributed by atoms with Gasteiger partial charge in [0.2, 0.25) is 0 Å². The van der Waals surface area contributed by atoms with Gasteiger partial charge in [0.25, 0.3) is 0 Å². The Morgan fingerprint density at radius 3 is 2.67 bits per heavy atom. The molecule has 0 saturated carbocycles. The van der Waals surface area contributed by atoms with Crippen molar-refractivity contribution < 1.29 is 9.47 Å². The molecule has 1 fully saturated rings. The molecule has 6 nitrogen and oxygen atoms in total. The summed E-state index contributed by atoms with van der Waals surface area (Å²) in [7, 11) is 1.71. The summed E-state index contributed by atoms with van der Waals surface area (Å²) in [6.45, 7) is 14.5. The van der Waals surface area contributed by atoms with Gasteiger partial charge in [-0.05, 0) is 39.7 Å². The lowest BCUT2D eigenvalue weighted by molar-refractivity contribution is 0.0536. The third-order valence-corrected chi connectivity index (χ3v) is 5.24. The summed E-state index contributed by atoms with van der Waals surface area (Å²) < 4.78 is 10.8. The fourth-order valence-electron chi connectivity index (χ4n) is 3.71. The number of ether oxygens (including phenoxy) is 2. The Morgan fingerprint density at radius 2 is 2.00 bits per heavy atom. The maximum Gasteiger partial charge on any atom is 0.193 e. The van der Waals surface area contributed by atoms with E-state index in [0.29, 0.717) is 19.1 Å². The molecule has 0 spiro atoms. The number of likely N-dealkylation sites (tertiary alicyclic amines) is 1. The van der Waals surface area contributed by atoms with Gasteiger partial charge in [0, 0.05) is 44.2 Å². The monoisotopic (exact) mass is 532 g/mol. The van der Waals surface area contributed by atoms with Gasteiger partial charge in [-0.3, -0.25) is 4.99 Å². The number of guanidine groups is 1. The summed E-state index contributed by atoms with van der Waals surface area (Å²) in [5, 5.41) is 7.19.